The first-order valence-electron chi connectivity index (χ1n) is 8.98. The Balaban J connectivity index is 1.44. The van der Waals surface area contributed by atoms with Crippen molar-refractivity contribution in [2.24, 2.45) is 5.92 Å². The molecule has 1 N–H and O–H groups in total. The van der Waals surface area contributed by atoms with Crippen LogP contribution in [0.2, 0.25) is 4.34 Å². The molecule has 1 fully saturated rings. The zero-order chi connectivity index (χ0) is 19.0. The van der Waals surface area contributed by atoms with Crippen molar-refractivity contribution in [2.45, 2.75) is 42.7 Å². The summed E-state index contributed by atoms with van der Waals surface area (Å²) in [6.07, 6.45) is 5.65. The van der Waals surface area contributed by atoms with Crippen LogP contribution in [0.25, 0.3) is 0 Å². The number of nitrogens with one attached hydrogen (secondary N) is 1. The Morgan fingerprint density at radius 1 is 1.22 bits per heavy atom. The lowest BCUT2D eigenvalue weighted by molar-refractivity contribution is -0.120. The summed E-state index contributed by atoms with van der Waals surface area (Å²) < 4.78 is 27.7. The summed E-state index contributed by atoms with van der Waals surface area (Å²) in [6.45, 7) is 0.613. The van der Waals surface area contributed by atoms with Gasteiger partial charge in [-0.2, -0.15) is 4.31 Å². The number of aryl methyl sites for hydroxylation is 2. The lowest BCUT2D eigenvalue weighted by atomic mass is 9.99. The average Bonchev–Trinajstić information content (AvgIpc) is 3.27. The maximum absolute atomic E-state index is 12.8. The van der Waals surface area contributed by atoms with E-state index in [0.29, 0.717) is 28.9 Å². The van der Waals surface area contributed by atoms with Gasteiger partial charge in [0.2, 0.25) is 5.91 Å². The van der Waals surface area contributed by atoms with Crippen LogP contribution in [0, 0.1) is 5.92 Å². The molecule has 1 saturated heterocycles. The smallest absolute Gasteiger partial charge is 0.252 e. The van der Waals surface area contributed by atoms with Crippen molar-refractivity contribution in [3.05, 3.63) is 27.0 Å². The number of aromatic nitrogens is 1. The molecule has 10 heteroatoms. The standard InChI is InChI=1S/C17H20ClN3O3S3/c18-14-7-8-15(26-14)27(23,24)21-9-3-4-11(10-21)16(22)20-17-19-12-5-1-2-6-13(12)25-17/h7-8,11H,1-6,9-10H2,(H,19,20,22). The van der Waals surface area contributed by atoms with E-state index in [-0.39, 0.29) is 22.6 Å². The molecule has 0 aromatic carbocycles. The van der Waals surface area contributed by atoms with Gasteiger partial charge in [0.25, 0.3) is 10.0 Å². The van der Waals surface area contributed by atoms with Crippen LogP contribution in [0.15, 0.2) is 16.3 Å². The lowest BCUT2D eigenvalue weighted by Gasteiger charge is -2.30. The van der Waals surface area contributed by atoms with Crippen LogP contribution in [0.3, 0.4) is 0 Å². The van der Waals surface area contributed by atoms with Gasteiger partial charge in [0, 0.05) is 18.0 Å². The molecule has 2 aromatic heterocycles. The van der Waals surface area contributed by atoms with Crippen molar-refractivity contribution in [1.82, 2.24) is 9.29 Å². The molecule has 0 bridgehead atoms. The maximum Gasteiger partial charge on any atom is 0.252 e. The minimum Gasteiger partial charge on any atom is -0.302 e. The predicted octanol–water partition coefficient (Wildman–Crippen LogP) is 3.78. The van der Waals surface area contributed by atoms with Gasteiger partial charge < -0.3 is 5.32 Å². The number of amides is 1. The van der Waals surface area contributed by atoms with Crippen LogP contribution in [-0.2, 0) is 27.7 Å². The number of carbonyl (C=O) groups is 1. The van der Waals surface area contributed by atoms with Crippen LogP contribution >= 0.6 is 34.3 Å². The van der Waals surface area contributed by atoms with E-state index in [0.717, 1.165) is 36.3 Å². The number of sulfonamides is 1. The van der Waals surface area contributed by atoms with E-state index in [2.05, 4.69) is 10.3 Å². The Labute approximate surface area is 171 Å². The molecule has 2 aromatic rings. The van der Waals surface area contributed by atoms with E-state index >= 15 is 0 Å². The van der Waals surface area contributed by atoms with Crippen LogP contribution < -0.4 is 5.32 Å². The number of thiazole rings is 1. The molecule has 0 saturated carbocycles. The summed E-state index contributed by atoms with van der Waals surface area (Å²) in [5.74, 6) is -0.518. The molecule has 1 atom stereocenters. The molecule has 0 spiro atoms. The molecule has 4 rings (SSSR count). The number of carbonyl (C=O) groups excluding carboxylic acids is 1. The molecular formula is C17H20ClN3O3S3. The molecule has 3 heterocycles. The number of halogens is 1. The average molecular weight is 446 g/mol. The number of hydrogen-bond acceptors (Lipinski definition) is 6. The second kappa shape index (κ2) is 7.79. The lowest BCUT2D eigenvalue weighted by Crippen LogP contribution is -2.43. The highest BCUT2D eigenvalue weighted by atomic mass is 35.5. The van der Waals surface area contributed by atoms with Gasteiger partial charge >= 0.3 is 0 Å². The van der Waals surface area contributed by atoms with Crippen LogP contribution in [0.1, 0.15) is 36.3 Å². The SMILES string of the molecule is O=C(Nc1nc2c(s1)CCCC2)C1CCCN(S(=O)(=O)c2ccc(Cl)s2)C1. The highest BCUT2D eigenvalue weighted by molar-refractivity contribution is 7.91. The van der Waals surface area contributed by atoms with Crippen LogP contribution in [0.5, 0.6) is 0 Å². The fraction of sp³-hybridized carbons (Fsp3) is 0.529. The fourth-order valence-electron chi connectivity index (χ4n) is 3.55. The van der Waals surface area contributed by atoms with Crippen molar-refractivity contribution in [3.63, 3.8) is 0 Å². The molecule has 1 amide bonds. The molecule has 1 aliphatic carbocycles. The number of thiophene rings is 1. The predicted molar refractivity (Wildman–Crippen MR) is 108 cm³/mol. The Bertz CT molecular complexity index is 930. The number of anilines is 1. The molecule has 1 aliphatic heterocycles. The van der Waals surface area contributed by atoms with E-state index < -0.39 is 10.0 Å². The van der Waals surface area contributed by atoms with Crippen molar-refractivity contribution in [2.75, 3.05) is 18.4 Å². The zero-order valence-electron chi connectivity index (χ0n) is 14.6. The Kier molecular flexibility index (Phi) is 5.57. The first-order valence-corrected chi connectivity index (χ1v) is 12.4. The zero-order valence-corrected chi connectivity index (χ0v) is 17.8. The number of rotatable bonds is 4. The van der Waals surface area contributed by atoms with Gasteiger partial charge in [-0.1, -0.05) is 11.6 Å². The van der Waals surface area contributed by atoms with Crippen molar-refractivity contribution < 1.29 is 13.2 Å². The number of piperidine rings is 1. The summed E-state index contributed by atoms with van der Waals surface area (Å²) in [4.78, 5) is 18.5. The van der Waals surface area contributed by atoms with Gasteiger partial charge in [0.05, 0.1) is 15.9 Å². The monoisotopic (exact) mass is 445 g/mol. The Morgan fingerprint density at radius 3 is 2.78 bits per heavy atom. The van der Waals surface area contributed by atoms with E-state index in [1.807, 2.05) is 0 Å². The van der Waals surface area contributed by atoms with Gasteiger partial charge in [-0.25, -0.2) is 13.4 Å². The van der Waals surface area contributed by atoms with E-state index in [1.54, 1.807) is 17.4 Å². The minimum atomic E-state index is -3.61. The fourth-order valence-corrected chi connectivity index (χ4v) is 7.76. The highest BCUT2D eigenvalue weighted by Gasteiger charge is 2.34. The minimum absolute atomic E-state index is 0.148. The molecule has 1 unspecified atom stereocenters. The first kappa shape index (κ1) is 19.3. The molecular weight excluding hydrogens is 426 g/mol. The molecule has 27 heavy (non-hydrogen) atoms. The summed E-state index contributed by atoms with van der Waals surface area (Å²) in [7, 11) is -3.61. The molecule has 2 aliphatic rings. The van der Waals surface area contributed by atoms with Gasteiger partial charge in [-0.05, 0) is 50.7 Å². The van der Waals surface area contributed by atoms with Gasteiger partial charge in [-0.3, -0.25) is 4.79 Å². The van der Waals surface area contributed by atoms with Gasteiger partial charge in [0.15, 0.2) is 5.13 Å². The second-order valence-electron chi connectivity index (χ2n) is 6.85. The highest BCUT2D eigenvalue weighted by Crippen LogP contribution is 2.32. The second-order valence-corrected chi connectivity index (χ2v) is 11.8. The van der Waals surface area contributed by atoms with Gasteiger partial charge in [-0.15, -0.1) is 22.7 Å². The molecule has 6 nitrogen and oxygen atoms in total. The normalized spacial score (nSPS) is 21.0. The van der Waals surface area contributed by atoms with Crippen LogP contribution in [0.4, 0.5) is 5.13 Å². The van der Waals surface area contributed by atoms with E-state index in [1.165, 1.54) is 21.7 Å². The molecule has 0 radical (unpaired) electrons. The topological polar surface area (TPSA) is 79.4 Å². The van der Waals surface area contributed by atoms with Crippen molar-refractivity contribution in [3.8, 4) is 0 Å². The van der Waals surface area contributed by atoms with E-state index in [9.17, 15) is 13.2 Å². The van der Waals surface area contributed by atoms with Crippen LogP contribution in [-0.4, -0.2) is 36.7 Å². The Hall–Kier alpha value is -1.000. The third-order valence-electron chi connectivity index (χ3n) is 4.97. The number of fused-ring (bicyclic) bond motifs is 1. The largest absolute Gasteiger partial charge is 0.302 e. The Morgan fingerprint density at radius 2 is 2.04 bits per heavy atom. The molecule has 146 valence electrons. The first-order chi connectivity index (χ1) is 12.9. The number of nitrogens with zero attached hydrogens (tertiary/aromatic N) is 2. The summed E-state index contributed by atoms with van der Waals surface area (Å²) in [5, 5.41) is 3.55. The summed E-state index contributed by atoms with van der Waals surface area (Å²) in [5.41, 5.74) is 1.10. The van der Waals surface area contributed by atoms with Gasteiger partial charge in [0.1, 0.15) is 4.21 Å². The quantitative estimate of drug-likeness (QED) is 0.776. The maximum atomic E-state index is 12.8. The third-order valence-corrected chi connectivity index (χ3v) is 9.61. The summed E-state index contributed by atoms with van der Waals surface area (Å²) in [6, 6.07) is 3.10. The summed E-state index contributed by atoms with van der Waals surface area (Å²) >= 11 is 8.47. The number of hydrogen-bond donors (Lipinski definition) is 1. The van der Waals surface area contributed by atoms with Crippen molar-refractivity contribution in [1.29, 1.82) is 0 Å². The van der Waals surface area contributed by atoms with Crippen molar-refractivity contribution >= 4 is 55.3 Å². The van der Waals surface area contributed by atoms with E-state index in [4.69, 9.17) is 11.6 Å². The third kappa shape index (κ3) is 4.07.